The summed E-state index contributed by atoms with van der Waals surface area (Å²) in [6.45, 7) is 2.59. The average molecular weight is 166 g/mol. The average Bonchev–Trinajstić information content (AvgIpc) is 2.50. The van der Waals surface area contributed by atoms with Gasteiger partial charge in [-0.1, -0.05) is 0 Å². The van der Waals surface area contributed by atoms with Crippen LogP contribution in [0.25, 0.3) is 0 Å². The van der Waals surface area contributed by atoms with Crippen molar-refractivity contribution in [3.8, 4) is 0 Å². The highest BCUT2D eigenvalue weighted by molar-refractivity contribution is 5.43. The number of aromatic nitrogens is 2. The lowest BCUT2D eigenvalue weighted by Crippen LogP contribution is -2.17. The molecule has 0 saturated heterocycles. The molecule has 4 heteroatoms. The van der Waals surface area contributed by atoms with Crippen LogP contribution in [-0.4, -0.2) is 22.6 Å². The number of imidazole rings is 1. The third-order valence-electron chi connectivity index (χ3n) is 2.17. The maximum atomic E-state index is 5.48. The second-order valence-electron chi connectivity index (χ2n) is 3.05. The SMILES string of the molecule is NCCn1cnc2c1NCCC2. The Balaban J connectivity index is 2.25. The number of aryl methyl sites for hydroxylation is 1. The summed E-state index contributed by atoms with van der Waals surface area (Å²) >= 11 is 0. The molecule has 3 N–H and O–H groups in total. The topological polar surface area (TPSA) is 55.9 Å². The lowest BCUT2D eigenvalue weighted by atomic mass is 10.2. The first-order valence-electron chi connectivity index (χ1n) is 4.40. The molecule has 0 saturated carbocycles. The highest BCUT2D eigenvalue weighted by Gasteiger charge is 2.13. The fourth-order valence-electron chi connectivity index (χ4n) is 1.58. The lowest BCUT2D eigenvalue weighted by molar-refractivity contribution is 0.700. The van der Waals surface area contributed by atoms with Crippen LogP contribution in [0.4, 0.5) is 5.82 Å². The Kier molecular flexibility index (Phi) is 1.99. The van der Waals surface area contributed by atoms with Crippen LogP contribution in [0.15, 0.2) is 6.33 Å². The molecular weight excluding hydrogens is 152 g/mol. The van der Waals surface area contributed by atoms with Gasteiger partial charge in [-0.2, -0.15) is 0 Å². The van der Waals surface area contributed by atoms with E-state index in [1.165, 1.54) is 17.9 Å². The summed E-state index contributed by atoms with van der Waals surface area (Å²) < 4.78 is 2.09. The molecule has 2 rings (SSSR count). The first kappa shape index (κ1) is 7.61. The summed E-state index contributed by atoms with van der Waals surface area (Å²) in [5.41, 5.74) is 6.67. The van der Waals surface area contributed by atoms with E-state index < -0.39 is 0 Å². The number of nitrogens with zero attached hydrogens (tertiary/aromatic N) is 2. The van der Waals surface area contributed by atoms with Crippen LogP contribution in [0.2, 0.25) is 0 Å². The molecule has 1 aliphatic heterocycles. The van der Waals surface area contributed by atoms with E-state index in [9.17, 15) is 0 Å². The highest BCUT2D eigenvalue weighted by atomic mass is 15.2. The minimum atomic E-state index is 0.671. The van der Waals surface area contributed by atoms with Gasteiger partial charge in [0.15, 0.2) is 0 Å². The number of hydrogen-bond donors (Lipinski definition) is 2. The predicted octanol–water partition coefficient (Wildman–Crippen LogP) is 0.200. The standard InChI is InChI=1S/C8H14N4/c9-3-5-12-6-11-7-2-1-4-10-8(7)12/h6,10H,1-5,9H2. The monoisotopic (exact) mass is 166 g/mol. The van der Waals surface area contributed by atoms with E-state index in [-0.39, 0.29) is 0 Å². The number of hydrogen-bond acceptors (Lipinski definition) is 3. The Labute approximate surface area is 71.8 Å². The maximum absolute atomic E-state index is 5.48. The van der Waals surface area contributed by atoms with Crippen molar-refractivity contribution in [3.05, 3.63) is 12.0 Å². The van der Waals surface area contributed by atoms with E-state index in [0.29, 0.717) is 6.54 Å². The van der Waals surface area contributed by atoms with Crippen molar-refractivity contribution < 1.29 is 0 Å². The van der Waals surface area contributed by atoms with Crippen LogP contribution >= 0.6 is 0 Å². The minimum absolute atomic E-state index is 0.671. The van der Waals surface area contributed by atoms with Crippen molar-refractivity contribution in [2.45, 2.75) is 19.4 Å². The normalized spacial score (nSPS) is 15.4. The van der Waals surface area contributed by atoms with E-state index in [1.807, 2.05) is 6.33 Å². The molecule has 1 aromatic heterocycles. The Morgan fingerprint density at radius 3 is 3.42 bits per heavy atom. The molecule has 0 aromatic carbocycles. The third kappa shape index (κ3) is 1.18. The van der Waals surface area contributed by atoms with Gasteiger partial charge in [-0.15, -0.1) is 0 Å². The number of rotatable bonds is 2. The van der Waals surface area contributed by atoms with Crippen molar-refractivity contribution >= 4 is 5.82 Å². The van der Waals surface area contributed by atoms with Crippen LogP contribution < -0.4 is 11.1 Å². The Bertz CT molecular complexity index is 266. The first-order chi connectivity index (χ1) is 5.92. The molecule has 0 spiro atoms. The second kappa shape index (κ2) is 3.15. The van der Waals surface area contributed by atoms with E-state index in [0.717, 1.165) is 19.5 Å². The largest absolute Gasteiger partial charge is 0.370 e. The van der Waals surface area contributed by atoms with Gasteiger partial charge in [0.2, 0.25) is 0 Å². The third-order valence-corrected chi connectivity index (χ3v) is 2.17. The number of fused-ring (bicyclic) bond motifs is 1. The summed E-state index contributed by atoms with van der Waals surface area (Å²) in [7, 11) is 0. The van der Waals surface area contributed by atoms with Crippen LogP contribution in [0.1, 0.15) is 12.1 Å². The summed E-state index contributed by atoms with van der Waals surface area (Å²) in [5, 5.41) is 3.34. The molecule has 0 aliphatic carbocycles. The molecule has 0 unspecified atom stereocenters. The van der Waals surface area contributed by atoms with Gasteiger partial charge in [0.05, 0.1) is 12.0 Å². The molecule has 1 aromatic rings. The molecule has 66 valence electrons. The van der Waals surface area contributed by atoms with Gasteiger partial charge in [-0.3, -0.25) is 0 Å². The van der Waals surface area contributed by atoms with E-state index in [4.69, 9.17) is 5.73 Å². The molecular formula is C8H14N4. The lowest BCUT2D eigenvalue weighted by Gasteiger charge is -2.15. The molecule has 2 heterocycles. The van der Waals surface area contributed by atoms with Crippen molar-refractivity contribution in [2.24, 2.45) is 5.73 Å². The fraction of sp³-hybridized carbons (Fsp3) is 0.625. The Morgan fingerprint density at radius 1 is 1.67 bits per heavy atom. The van der Waals surface area contributed by atoms with Crippen LogP contribution in [-0.2, 0) is 13.0 Å². The van der Waals surface area contributed by atoms with Crippen LogP contribution in [0, 0.1) is 0 Å². The summed E-state index contributed by atoms with van der Waals surface area (Å²) in [6.07, 6.45) is 4.16. The second-order valence-corrected chi connectivity index (χ2v) is 3.05. The van der Waals surface area contributed by atoms with Crippen LogP contribution in [0.3, 0.4) is 0 Å². The summed E-state index contributed by atoms with van der Waals surface area (Å²) in [6, 6.07) is 0. The van der Waals surface area contributed by atoms with Gasteiger partial charge in [0.1, 0.15) is 5.82 Å². The summed E-state index contributed by atoms with van der Waals surface area (Å²) in [5.74, 6) is 1.17. The zero-order valence-corrected chi connectivity index (χ0v) is 7.08. The van der Waals surface area contributed by atoms with Gasteiger partial charge in [-0.05, 0) is 12.8 Å². The van der Waals surface area contributed by atoms with Gasteiger partial charge in [0.25, 0.3) is 0 Å². The molecule has 4 nitrogen and oxygen atoms in total. The molecule has 0 amide bonds. The molecule has 0 bridgehead atoms. The molecule has 12 heavy (non-hydrogen) atoms. The first-order valence-corrected chi connectivity index (χ1v) is 4.40. The molecule has 0 radical (unpaired) electrons. The fourth-order valence-corrected chi connectivity index (χ4v) is 1.58. The number of nitrogens with two attached hydrogens (primary N) is 1. The van der Waals surface area contributed by atoms with Gasteiger partial charge < -0.3 is 15.6 Å². The smallest absolute Gasteiger partial charge is 0.129 e. The van der Waals surface area contributed by atoms with Crippen molar-refractivity contribution in [1.82, 2.24) is 9.55 Å². The Morgan fingerprint density at radius 2 is 2.58 bits per heavy atom. The molecule has 0 fully saturated rings. The minimum Gasteiger partial charge on any atom is -0.370 e. The summed E-state index contributed by atoms with van der Waals surface area (Å²) in [4.78, 5) is 4.32. The zero-order valence-electron chi connectivity index (χ0n) is 7.08. The van der Waals surface area contributed by atoms with E-state index in [1.54, 1.807) is 0 Å². The van der Waals surface area contributed by atoms with Gasteiger partial charge in [-0.25, -0.2) is 4.98 Å². The van der Waals surface area contributed by atoms with Gasteiger partial charge >= 0.3 is 0 Å². The molecule has 1 aliphatic rings. The molecule has 0 atom stereocenters. The predicted molar refractivity (Wildman–Crippen MR) is 48.1 cm³/mol. The quantitative estimate of drug-likeness (QED) is 0.660. The van der Waals surface area contributed by atoms with Gasteiger partial charge in [0, 0.05) is 19.6 Å². The van der Waals surface area contributed by atoms with E-state index >= 15 is 0 Å². The Hall–Kier alpha value is -1.03. The van der Waals surface area contributed by atoms with Crippen molar-refractivity contribution in [1.29, 1.82) is 0 Å². The highest BCUT2D eigenvalue weighted by Crippen LogP contribution is 2.19. The van der Waals surface area contributed by atoms with Crippen molar-refractivity contribution in [2.75, 3.05) is 18.4 Å². The number of nitrogens with one attached hydrogen (secondary N) is 1. The maximum Gasteiger partial charge on any atom is 0.129 e. The van der Waals surface area contributed by atoms with Crippen LogP contribution in [0.5, 0.6) is 0 Å². The number of anilines is 1. The zero-order chi connectivity index (χ0) is 8.39. The van der Waals surface area contributed by atoms with Crippen molar-refractivity contribution in [3.63, 3.8) is 0 Å². The van der Waals surface area contributed by atoms with E-state index in [2.05, 4.69) is 14.9 Å².